The zero-order chi connectivity index (χ0) is 20.1. The second-order valence-electron chi connectivity index (χ2n) is 9.01. The predicted octanol–water partition coefficient (Wildman–Crippen LogP) is 4.89. The molecule has 3 atom stereocenters. The predicted molar refractivity (Wildman–Crippen MR) is 123 cm³/mol. The summed E-state index contributed by atoms with van der Waals surface area (Å²) in [6, 6.07) is 27.5. The van der Waals surface area contributed by atoms with E-state index in [1.54, 1.807) is 6.07 Å². The van der Waals surface area contributed by atoms with Gasteiger partial charge < -0.3 is 9.47 Å². The highest BCUT2D eigenvalue weighted by atomic mass is 16.1. The van der Waals surface area contributed by atoms with Crippen LogP contribution in [0.1, 0.15) is 17.9 Å². The van der Waals surface area contributed by atoms with E-state index in [9.17, 15) is 4.79 Å². The molecular weight excluding hydrogens is 368 g/mol. The Morgan fingerprint density at radius 1 is 0.767 bits per heavy atom. The Kier molecular flexibility index (Phi) is 4.24. The van der Waals surface area contributed by atoms with Crippen LogP contribution in [-0.4, -0.2) is 29.1 Å². The first-order valence-electron chi connectivity index (χ1n) is 11.1. The van der Waals surface area contributed by atoms with Crippen molar-refractivity contribution >= 4 is 21.7 Å². The van der Waals surface area contributed by atoms with Gasteiger partial charge in [0, 0.05) is 32.2 Å². The first kappa shape index (κ1) is 17.9. The number of hydrogen-bond donors (Lipinski definition) is 0. The summed E-state index contributed by atoms with van der Waals surface area (Å²) < 4.78 is 1.94. The van der Waals surface area contributed by atoms with Crippen molar-refractivity contribution in [1.82, 2.24) is 9.47 Å². The van der Waals surface area contributed by atoms with Gasteiger partial charge in [-0.05, 0) is 58.0 Å². The minimum atomic E-state index is 0.102. The zero-order valence-corrected chi connectivity index (χ0v) is 17.1. The van der Waals surface area contributed by atoms with Gasteiger partial charge in [-0.2, -0.15) is 0 Å². The molecule has 0 spiro atoms. The van der Waals surface area contributed by atoms with Crippen molar-refractivity contribution in [2.75, 3.05) is 19.6 Å². The number of fused-ring (bicyclic) bond motifs is 3. The second-order valence-corrected chi connectivity index (χ2v) is 9.01. The van der Waals surface area contributed by atoms with Gasteiger partial charge >= 0.3 is 0 Å². The number of pyridine rings is 1. The molecule has 30 heavy (non-hydrogen) atoms. The van der Waals surface area contributed by atoms with E-state index in [2.05, 4.69) is 59.5 Å². The molecule has 6 rings (SSSR count). The number of benzene rings is 3. The van der Waals surface area contributed by atoms with Crippen LogP contribution in [0.3, 0.4) is 0 Å². The summed E-state index contributed by atoms with van der Waals surface area (Å²) in [5.41, 5.74) is 2.65. The number of rotatable bonds is 4. The molecule has 2 fully saturated rings. The molecule has 0 radical (unpaired) electrons. The molecule has 4 aromatic rings. The number of para-hydroxylation sites is 1. The van der Waals surface area contributed by atoms with Gasteiger partial charge in [0.15, 0.2) is 0 Å². The minimum absolute atomic E-state index is 0.102. The number of hydrogen-bond acceptors (Lipinski definition) is 2. The van der Waals surface area contributed by atoms with E-state index in [4.69, 9.17) is 0 Å². The Labute approximate surface area is 176 Å². The van der Waals surface area contributed by atoms with Crippen LogP contribution in [0.5, 0.6) is 0 Å². The van der Waals surface area contributed by atoms with Crippen LogP contribution in [0.2, 0.25) is 0 Å². The summed E-state index contributed by atoms with van der Waals surface area (Å²) in [4.78, 5) is 15.0. The molecule has 1 saturated carbocycles. The Balaban J connectivity index is 1.16. The third-order valence-corrected chi connectivity index (χ3v) is 7.38. The van der Waals surface area contributed by atoms with Gasteiger partial charge in [-0.1, -0.05) is 60.7 Å². The van der Waals surface area contributed by atoms with Crippen LogP contribution in [0.25, 0.3) is 21.7 Å². The van der Waals surface area contributed by atoms with Gasteiger partial charge in [0.2, 0.25) is 0 Å². The van der Waals surface area contributed by atoms with Crippen LogP contribution < -0.4 is 5.56 Å². The molecule has 1 aliphatic heterocycles. The topological polar surface area (TPSA) is 25.2 Å². The average molecular weight is 395 g/mol. The summed E-state index contributed by atoms with van der Waals surface area (Å²) in [6.45, 7) is 4.04. The maximum Gasteiger partial charge on any atom is 0.251 e. The van der Waals surface area contributed by atoms with Gasteiger partial charge in [-0.15, -0.1) is 0 Å². The van der Waals surface area contributed by atoms with Crippen LogP contribution in [0.4, 0.5) is 0 Å². The molecule has 2 aliphatic rings. The van der Waals surface area contributed by atoms with Gasteiger partial charge in [-0.25, -0.2) is 0 Å². The maximum absolute atomic E-state index is 12.5. The molecule has 0 amide bonds. The number of likely N-dealkylation sites (tertiary alicyclic amines) is 1. The largest absolute Gasteiger partial charge is 0.307 e. The van der Waals surface area contributed by atoms with Crippen molar-refractivity contribution in [3.8, 4) is 0 Å². The monoisotopic (exact) mass is 394 g/mol. The van der Waals surface area contributed by atoms with Crippen LogP contribution in [0, 0.1) is 11.8 Å². The highest BCUT2D eigenvalue weighted by molar-refractivity contribution is 5.83. The first-order chi connectivity index (χ1) is 14.8. The lowest BCUT2D eigenvalue weighted by molar-refractivity contribution is 0.191. The Morgan fingerprint density at radius 2 is 1.53 bits per heavy atom. The van der Waals surface area contributed by atoms with Gasteiger partial charge in [-0.3, -0.25) is 4.79 Å². The maximum atomic E-state index is 12.5. The molecule has 1 aliphatic carbocycles. The van der Waals surface area contributed by atoms with Crippen molar-refractivity contribution in [3.05, 3.63) is 94.8 Å². The summed E-state index contributed by atoms with van der Waals surface area (Å²) in [5, 5.41) is 3.81. The molecule has 150 valence electrons. The van der Waals surface area contributed by atoms with Gasteiger partial charge in [0.25, 0.3) is 5.56 Å². The molecule has 1 saturated heterocycles. The lowest BCUT2D eigenvalue weighted by Gasteiger charge is -2.40. The van der Waals surface area contributed by atoms with Crippen LogP contribution in [0.15, 0.2) is 83.7 Å². The Morgan fingerprint density at radius 3 is 2.43 bits per heavy atom. The smallest absolute Gasteiger partial charge is 0.251 e. The van der Waals surface area contributed by atoms with Gasteiger partial charge in [0.1, 0.15) is 0 Å². The summed E-state index contributed by atoms with van der Waals surface area (Å²) in [6.07, 6.45) is 1.30. The van der Waals surface area contributed by atoms with E-state index in [1.165, 1.54) is 29.3 Å². The van der Waals surface area contributed by atoms with Gasteiger partial charge in [0.05, 0.1) is 5.52 Å². The standard InChI is InChI=1S/C27H26N2O/c30-27-12-11-20-6-3-4-8-26(20)29(27)14-13-28-17-23-16-24(25(23)18-28)22-10-9-19-5-1-2-7-21(19)15-22/h1-12,15,23-25H,13-14,16-18H2. The van der Waals surface area contributed by atoms with Crippen molar-refractivity contribution in [1.29, 1.82) is 0 Å². The van der Waals surface area contributed by atoms with E-state index >= 15 is 0 Å². The third-order valence-electron chi connectivity index (χ3n) is 7.38. The average Bonchev–Trinajstić information content (AvgIpc) is 3.09. The molecule has 2 heterocycles. The molecule has 3 heteroatoms. The van der Waals surface area contributed by atoms with E-state index in [0.29, 0.717) is 5.92 Å². The van der Waals surface area contributed by atoms with E-state index in [1.807, 2.05) is 22.8 Å². The SMILES string of the molecule is O=c1ccc2ccccc2n1CCN1CC2CC(c3ccc4ccccc4c3)C2C1. The molecular formula is C27H26N2O. The van der Waals surface area contributed by atoms with Crippen LogP contribution >= 0.6 is 0 Å². The summed E-state index contributed by atoms with van der Waals surface area (Å²) in [7, 11) is 0. The summed E-state index contributed by atoms with van der Waals surface area (Å²) >= 11 is 0. The normalized spacial score (nSPS) is 23.5. The van der Waals surface area contributed by atoms with E-state index in [-0.39, 0.29) is 5.56 Å². The minimum Gasteiger partial charge on any atom is -0.307 e. The van der Waals surface area contributed by atoms with Crippen molar-refractivity contribution in [2.24, 2.45) is 11.8 Å². The lowest BCUT2D eigenvalue weighted by Crippen LogP contribution is -2.33. The molecule has 1 aromatic heterocycles. The summed E-state index contributed by atoms with van der Waals surface area (Å²) in [5.74, 6) is 2.26. The Hall–Kier alpha value is -2.91. The molecule has 3 aromatic carbocycles. The highest BCUT2D eigenvalue weighted by Crippen LogP contribution is 2.51. The fourth-order valence-corrected chi connectivity index (χ4v) is 5.72. The third kappa shape index (κ3) is 2.96. The quantitative estimate of drug-likeness (QED) is 0.492. The van der Waals surface area contributed by atoms with Crippen LogP contribution in [-0.2, 0) is 6.54 Å². The lowest BCUT2D eigenvalue weighted by atomic mass is 9.64. The van der Waals surface area contributed by atoms with E-state index < -0.39 is 0 Å². The molecule has 0 bridgehead atoms. The highest BCUT2D eigenvalue weighted by Gasteiger charge is 2.47. The van der Waals surface area contributed by atoms with E-state index in [0.717, 1.165) is 42.4 Å². The zero-order valence-electron chi connectivity index (χ0n) is 17.1. The second kappa shape index (κ2) is 7.10. The Bertz CT molecular complexity index is 1290. The fraction of sp³-hybridized carbons (Fsp3) is 0.296. The molecule has 0 N–H and O–H groups in total. The first-order valence-corrected chi connectivity index (χ1v) is 11.1. The fourth-order valence-electron chi connectivity index (χ4n) is 5.72. The number of nitrogens with zero attached hydrogens (tertiary/aromatic N) is 2. The van der Waals surface area contributed by atoms with Crippen molar-refractivity contribution in [3.63, 3.8) is 0 Å². The number of aromatic nitrogens is 1. The molecule has 3 unspecified atom stereocenters. The molecule has 3 nitrogen and oxygen atoms in total. The van der Waals surface area contributed by atoms with Crippen molar-refractivity contribution in [2.45, 2.75) is 18.9 Å². The van der Waals surface area contributed by atoms with Crippen molar-refractivity contribution < 1.29 is 0 Å².